The van der Waals surface area contributed by atoms with E-state index in [1.165, 1.54) is 0 Å². The van der Waals surface area contributed by atoms with Gasteiger partial charge < -0.3 is 10.2 Å². The second-order valence-corrected chi connectivity index (χ2v) is 7.46. The highest BCUT2D eigenvalue weighted by molar-refractivity contribution is 7.91. The van der Waals surface area contributed by atoms with Crippen molar-refractivity contribution in [1.82, 2.24) is 10.3 Å². The molecule has 0 bridgehead atoms. The van der Waals surface area contributed by atoms with E-state index >= 15 is 0 Å². The minimum atomic E-state index is -3.02. The number of carbonyl (C=O) groups is 1. The molecule has 0 unspecified atom stereocenters. The molecule has 1 saturated heterocycles. The SMILES string of the molecule is CN(C)c1cc(CNC(=O)[C@H]2CCS(=O)(=O)C2)ccn1. The molecule has 2 heterocycles. The Morgan fingerprint density at radius 1 is 1.50 bits per heavy atom. The Hall–Kier alpha value is -1.63. The number of pyridine rings is 1. The van der Waals surface area contributed by atoms with E-state index in [-0.39, 0.29) is 17.4 Å². The van der Waals surface area contributed by atoms with Gasteiger partial charge in [-0.2, -0.15) is 0 Å². The zero-order valence-corrected chi connectivity index (χ0v) is 12.5. The number of nitrogens with zero attached hydrogens (tertiary/aromatic N) is 2. The highest BCUT2D eigenvalue weighted by Crippen LogP contribution is 2.18. The molecule has 7 heteroatoms. The van der Waals surface area contributed by atoms with E-state index in [4.69, 9.17) is 0 Å². The molecule has 0 aliphatic carbocycles. The summed E-state index contributed by atoms with van der Waals surface area (Å²) in [6, 6.07) is 3.73. The number of amides is 1. The first kappa shape index (κ1) is 14.8. The smallest absolute Gasteiger partial charge is 0.224 e. The van der Waals surface area contributed by atoms with Crippen molar-refractivity contribution in [2.24, 2.45) is 5.92 Å². The summed E-state index contributed by atoms with van der Waals surface area (Å²) in [5, 5.41) is 2.80. The van der Waals surface area contributed by atoms with Crippen molar-refractivity contribution in [3.05, 3.63) is 23.9 Å². The van der Waals surface area contributed by atoms with Gasteiger partial charge in [0.2, 0.25) is 5.91 Å². The van der Waals surface area contributed by atoms with E-state index in [0.717, 1.165) is 11.4 Å². The van der Waals surface area contributed by atoms with E-state index in [2.05, 4.69) is 10.3 Å². The fraction of sp³-hybridized carbons (Fsp3) is 0.538. The molecule has 1 aliphatic heterocycles. The number of hydrogen-bond donors (Lipinski definition) is 1. The Labute approximate surface area is 119 Å². The van der Waals surface area contributed by atoms with Crippen LogP contribution in [0.2, 0.25) is 0 Å². The van der Waals surface area contributed by atoms with Crippen molar-refractivity contribution < 1.29 is 13.2 Å². The number of hydrogen-bond acceptors (Lipinski definition) is 5. The van der Waals surface area contributed by atoms with Crippen molar-refractivity contribution in [2.45, 2.75) is 13.0 Å². The Morgan fingerprint density at radius 2 is 2.25 bits per heavy atom. The average Bonchev–Trinajstić information content (AvgIpc) is 2.77. The number of aromatic nitrogens is 1. The van der Waals surface area contributed by atoms with Crippen LogP contribution in [0, 0.1) is 5.92 Å². The number of nitrogens with one attached hydrogen (secondary N) is 1. The van der Waals surface area contributed by atoms with Gasteiger partial charge in [0.1, 0.15) is 5.82 Å². The molecule has 1 fully saturated rings. The van der Waals surface area contributed by atoms with Crippen LogP contribution in [0.4, 0.5) is 5.82 Å². The molecule has 1 aliphatic rings. The molecule has 1 amide bonds. The van der Waals surface area contributed by atoms with Gasteiger partial charge in [0, 0.05) is 26.8 Å². The molecule has 1 aromatic rings. The first-order valence-corrected chi connectivity index (χ1v) is 8.30. The van der Waals surface area contributed by atoms with E-state index < -0.39 is 15.8 Å². The predicted molar refractivity (Wildman–Crippen MR) is 77.2 cm³/mol. The van der Waals surface area contributed by atoms with E-state index in [1.54, 1.807) is 6.20 Å². The van der Waals surface area contributed by atoms with Gasteiger partial charge in [0.15, 0.2) is 9.84 Å². The maximum absolute atomic E-state index is 11.9. The quantitative estimate of drug-likeness (QED) is 0.859. The highest BCUT2D eigenvalue weighted by Gasteiger charge is 2.32. The molecule has 0 saturated carbocycles. The average molecular weight is 297 g/mol. The van der Waals surface area contributed by atoms with Crippen LogP contribution in [-0.2, 0) is 21.2 Å². The van der Waals surface area contributed by atoms with Crippen LogP contribution in [0.1, 0.15) is 12.0 Å². The van der Waals surface area contributed by atoms with Gasteiger partial charge in [-0.05, 0) is 24.1 Å². The van der Waals surface area contributed by atoms with Crippen molar-refractivity contribution in [1.29, 1.82) is 0 Å². The molecule has 0 radical (unpaired) electrons. The van der Waals surface area contributed by atoms with E-state index in [9.17, 15) is 13.2 Å². The van der Waals surface area contributed by atoms with Gasteiger partial charge >= 0.3 is 0 Å². The lowest BCUT2D eigenvalue weighted by Gasteiger charge is -2.13. The van der Waals surface area contributed by atoms with Crippen LogP contribution in [0.3, 0.4) is 0 Å². The molecule has 0 spiro atoms. The Bertz CT molecular complexity index is 599. The zero-order chi connectivity index (χ0) is 14.8. The lowest BCUT2D eigenvalue weighted by molar-refractivity contribution is -0.124. The summed E-state index contributed by atoms with van der Waals surface area (Å²) in [5.74, 6) is 0.313. The third kappa shape index (κ3) is 3.69. The number of anilines is 1. The van der Waals surface area contributed by atoms with Gasteiger partial charge in [0.25, 0.3) is 0 Å². The molecule has 2 rings (SSSR count). The highest BCUT2D eigenvalue weighted by atomic mass is 32.2. The van der Waals surface area contributed by atoms with Crippen molar-refractivity contribution in [3.8, 4) is 0 Å². The van der Waals surface area contributed by atoms with E-state index in [1.807, 2.05) is 31.1 Å². The third-order valence-corrected chi connectivity index (χ3v) is 5.11. The van der Waals surface area contributed by atoms with Gasteiger partial charge in [-0.1, -0.05) is 0 Å². The molecular formula is C13H19N3O3S. The van der Waals surface area contributed by atoms with Crippen LogP contribution in [0.15, 0.2) is 18.3 Å². The maximum atomic E-state index is 11.9. The number of rotatable bonds is 4. The first-order chi connectivity index (χ1) is 9.37. The zero-order valence-electron chi connectivity index (χ0n) is 11.7. The molecule has 110 valence electrons. The summed E-state index contributed by atoms with van der Waals surface area (Å²) in [6.45, 7) is 0.388. The van der Waals surface area contributed by atoms with Crippen LogP contribution in [0.5, 0.6) is 0 Å². The van der Waals surface area contributed by atoms with Gasteiger partial charge in [-0.25, -0.2) is 13.4 Å². The molecular weight excluding hydrogens is 278 g/mol. The number of carbonyl (C=O) groups excluding carboxylic acids is 1. The van der Waals surface area contributed by atoms with Crippen LogP contribution >= 0.6 is 0 Å². The molecule has 1 aromatic heterocycles. The van der Waals surface area contributed by atoms with Crippen LogP contribution < -0.4 is 10.2 Å². The van der Waals surface area contributed by atoms with Crippen molar-refractivity contribution in [3.63, 3.8) is 0 Å². The largest absolute Gasteiger partial charge is 0.363 e. The monoisotopic (exact) mass is 297 g/mol. The molecule has 20 heavy (non-hydrogen) atoms. The number of sulfone groups is 1. The molecule has 0 aromatic carbocycles. The van der Waals surface area contributed by atoms with Gasteiger partial charge in [-0.15, -0.1) is 0 Å². The summed E-state index contributed by atoms with van der Waals surface area (Å²) in [7, 11) is 0.775. The fourth-order valence-electron chi connectivity index (χ4n) is 2.15. The lowest BCUT2D eigenvalue weighted by Crippen LogP contribution is -2.31. The maximum Gasteiger partial charge on any atom is 0.224 e. The second kappa shape index (κ2) is 5.78. The Morgan fingerprint density at radius 3 is 2.85 bits per heavy atom. The van der Waals surface area contributed by atoms with Crippen LogP contribution in [0.25, 0.3) is 0 Å². The summed E-state index contributed by atoms with van der Waals surface area (Å²) in [6.07, 6.45) is 2.12. The van der Waals surface area contributed by atoms with Crippen LogP contribution in [-0.4, -0.2) is 44.9 Å². The summed E-state index contributed by atoms with van der Waals surface area (Å²) in [4.78, 5) is 18.0. The summed E-state index contributed by atoms with van der Waals surface area (Å²) >= 11 is 0. The fourth-order valence-corrected chi connectivity index (χ4v) is 3.89. The normalized spacial score (nSPS) is 20.6. The predicted octanol–water partition coefficient (Wildman–Crippen LogP) is 0.198. The third-order valence-electron chi connectivity index (χ3n) is 3.34. The molecule has 6 nitrogen and oxygen atoms in total. The topological polar surface area (TPSA) is 79.4 Å². The lowest BCUT2D eigenvalue weighted by atomic mass is 10.1. The minimum Gasteiger partial charge on any atom is -0.363 e. The van der Waals surface area contributed by atoms with Crippen molar-refractivity contribution in [2.75, 3.05) is 30.5 Å². The minimum absolute atomic E-state index is 0.0296. The van der Waals surface area contributed by atoms with Gasteiger partial charge in [-0.3, -0.25) is 4.79 Å². The summed E-state index contributed by atoms with van der Waals surface area (Å²) in [5.41, 5.74) is 0.943. The van der Waals surface area contributed by atoms with E-state index in [0.29, 0.717) is 13.0 Å². The second-order valence-electron chi connectivity index (χ2n) is 5.23. The Kier molecular flexibility index (Phi) is 4.27. The first-order valence-electron chi connectivity index (χ1n) is 6.48. The van der Waals surface area contributed by atoms with Gasteiger partial charge in [0.05, 0.1) is 17.4 Å². The summed E-state index contributed by atoms with van der Waals surface area (Å²) < 4.78 is 22.7. The Balaban J connectivity index is 1.92. The molecule has 1 atom stereocenters. The molecule has 1 N–H and O–H groups in total. The standard InChI is InChI=1S/C13H19N3O3S/c1-16(2)12-7-10(3-5-14-12)8-15-13(17)11-4-6-20(18,19)9-11/h3,5,7,11H,4,6,8-9H2,1-2H3,(H,15,17)/t11-/m0/s1. The van der Waals surface area contributed by atoms with Crippen molar-refractivity contribution >= 4 is 21.6 Å².